The second-order valence-electron chi connectivity index (χ2n) is 4.30. The second kappa shape index (κ2) is 7.89. The third kappa shape index (κ3) is 4.64. The van der Waals surface area contributed by atoms with E-state index in [9.17, 15) is 24.0 Å². The summed E-state index contributed by atoms with van der Waals surface area (Å²) in [6.07, 6.45) is 3.24. The molecule has 19 heavy (non-hydrogen) atoms. The van der Waals surface area contributed by atoms with Gasteiger partial charge in [0.2, 0.25) is 0 Å². The lowest BCUT2D eigenvalue weighted by Crippen LogP contribution is -2.38. The summed E-state index contributed by atoms with van der Waals surface area (Å²) in [5.74, 6) is 0. The second-order valence-corrected chi connectivity index (χ2v) is 8.85. The molecule has 0 bridgehead atoms. The van der Waals surface area contributed by atoms with Crippen molar-refractivity contribution in [1.82, 2.24) is 0 Å². The Kier molecular flexibility index (Phi) is 8.00. The molecule has 0 saturated carbocycles. The van der Waals surface area contributed by atoms with Crippen LogP contribution in [0.3, 0.4) is 0 Å². The van der Waals surface area contributed by atoms with Crippen LogP contribution in [0.2, 0.25) is 0 Å². The minimum absolute atomic E-state index is 0.252. The van der Waals surface area contributed by atoms with E-state index >= 15 is 0 Å². The van der Waals surface area contributed by atoms with E-state index in [-0.39, 0.29) is 6.42 Å². The van der Waals surface area contributed by atoms with Crippen LogP contribution in [0.15, 0.2) is 0 Å². The Hall–Kier alpha value is 0.260. The van der Waals surface area contributed by atoms with Crippen molar-refractivity contribution in [3.63, 3.8) is 0 Å². The summed E-state index contributed by atoms with van der Waals surface area (Å²) in [6.45, 7) is 2.02. The van der Waals surface area contributed by atoms with E-state index in [1.165, 1.54) is 0 Å². The molecule has 0 aromatic rings. The summed E-state index contributed by atoms with van der Waals surface area (Å²) in [7, 11) is -8.35. The third-order valence-electron chi connectivity index (χ3n) is 2.97. The molecule has 0 heterocycles. The highest BCUT2D eigenvalue weighted by atomic mass is 31.2. The molecule has 0 saturated heterocycles. The van der Waals surface area contributed by atoms with Crippen LogP contribution < -0.4 is 9.79 Å². The van der Waals surface area contributed by atoms with Crippen molar-refractivity contribution in [2.75, 3.05) is 14.2 Å². The molecule has 1 N–H and O–H groups in total. The fourth-order valence-electron chi connectivity index (χ4n) is 1.68. The van der Waals surface area contributed by atoms with Gasteiger partial charge in [0.25, 0.3) is 0 Å². The lowest BCUT2D eigenvalue weighted by Gasteiger charge is -2.45. The fourth-order valence-corrected chi connectivity index (χ4v) is 4.82. The Labute approximate surface area is 114 Å². The molecular formula is C10H22O7P2-2. The molecule has 0 aliphatic rings. The number of aliphatic hydroxyl groups is 1. The van der Waals surface area contributed by atoms with Crippen molar-refractivity contribution >= 4 is 15.2 Å². The lowest BCUT2D eigenvalue weighted by atomic mass is 10.1. The summed E-state index contributed by atoms with van der Waals surface area (Å²) in [4.78, 5) is 23.3. The molecule has 2 unspecified atom stereocenters. The van der Waals surface area contributed by atoms with E-state index in [0.717, 1.165) is 33.5 Å². The highest BCUT2D eigenvalue weighted by Gasteiger charge is 2.48. The average molecular weight is 316 g/mol. The van der Waals surface area contributed by atoms with E-state index in [1.807, 2.05) is 6.92 Å². The molecule has 0 fully saturated rings. The summed E-state index contributed by atoms with van der Waals surface area (Å²) >= 11 is 0. The topological polar surface area (TPSA) is 119 Å². The van der Waals surface area contributed by atoms with Gasteiger partial charge in [-0.15, -0.1) is 0 Å². The summed E-state index contributed by atoms with van der Waals surface area (Å²) in [5, 5.41) is 7.02. The molecule has 116 valence electrons. The molecule has 0 amide bonds. The number of rotatable bonds is 10. The molecule has 0 aromatic carbocycles. The largest absolute Gasteiger partial charge is 0.776 e. The summed E-state index contributed by atoms with van der Waals surface area (Å²) < 4.78 is 31.6. The maximum atomic E-state index is 11.7. The monoisotopic (exact) mass is 316 g/mol. The first kappa shape index (κ1) is 19.3. The SMILES string of the molecule is CCCCCCCC(O)(P(=O)([O-])OC)P(=O)([O-])OC. The van der Waals surface area contributed by atoms with Crippen molar-refractivity contribution in [2.24, 2.45) is 0 Å². The van der Waals surface area contributed by atoms with Gasteiger partial charge in [-0.2, -0.15) is 0 Å². The Morgan fingerprint density at radius 3 is 1.79 bits per heavy atom. The normalized spacial score (nSPS) is 21.4. The van der Waals surface area contributed by atoms with E-state index in [1.54, 1.807) is 0 Å². The number of hydrogen-bond donors (Lipinski definition) is 1. The predicted octanol–water partition coefficient (Wildman–Crippen LogP) is 1.39. The zero-order chi connectivity index (χ0) is 15.2. The Balaban J connectivity index is 4.91. The molecule has 7 nitrogen and oxygen atoms in total. The molecule has 0 rings (SSSR count). The zero-order valence-electron chi connectivity index (χ0n) is 11.5. The van der Waals surface area contributed by atoms with E-state index in [2.05, 4.69) is 9.05 Å². The van der Waals surface area contributed by atoms with Gasteiger partial charge in [-0.3, -0.25) is 0 Å². The van der Waals surface area contributed by atoms with Crippen molar-refractivity contribution in [3.8, 4) is 0 Å². The van der Waals surface area contributed by atoms with Gasteiger partial charge in [-0.1, -0.05) is 32.6 Å². The molecule has 9 heteroatoms. The van der Waals surface area contributed by atoms with E-state index in [0.29, 0.717) is 6.42 Å². The Morgan fingerprint density at radius 2 is 1.42 bits per heavy atom. The first-order valence-corrected chi connectivity index (χ1v) is 9.23. The van der Waals surface area contributed by atoms with Gasteiger partial charge in [0.1, 0.15) is 0 Å². The van der Waals surface area contributed by atoms with Gasteiger partial charge in [0.15, 0.2) is 20.3 Å². The standard InChI is InChI=1S/C10H24O7P2/c1-4-5-6-7-8-9-10(11,18(12,13)16-2)19(14,15)17-3/h11H,4-9H2,1-3H3,(H,12,13)(H,14,15)/p-2. The van der Waals surface area contributed by atoms with Gasteiger partial charge in [-0.25, -0.2) is 0 Å². The van der Waals surface area contributed by atoms with Gasteiger partial charge >= 0.3 is 0 Å². The molecule has 0 radical (unpaired) electrons. The van der Waals surface area contributed by atoms with E-state index < -0.39 is 26.7 Å². The van der Waals surface area contributed by atoms with Crippen LogP contribution in [0.4, 0.5) is 0 Å². The highest BCUT2D eigenvalue weighted by Crippen LogP contribution is 2.69. The maximum Gasteiger partial charge on any atom is 0.191 e. The van der Waals surface area contributed by atoms with Crippen LogP contribution in [0.25, 0.3) is 0 Å². The van der Waals surface area contributed by atoms with Crippen molar-refractivity contribution < 1.29 is 33.1 Å². The van der Waals surface area contributed by atoms with Crippen LogP contribution in [-0.2, 0) is 18.2 Å². The maximum absolute atomic E-state index is 11.7. The molecule has 0 aliphatic heterocycles. The quantitative estimate of drug-likeness (QED) is 0.477. The smallest absolute Gasteiger partial charge is 0.191 e. The molecule has 0 aliphatic carbocycles. The van der Waals surface area contributed by atoms with Gasteiger partial charge in [0.05, 0.1) is 0 Å². The van der Waals surface area contributed by atoms with E-state index in [4.69, 9.17) is 0 Å². The van der Waals surface area contributed by atoms with Crippen LogP contribution in [-0.4, -0.2) is 24.4 Å². The molecular weight excluding hydrogens is 294 g/mol. The molecule has 0 spiro atoms. The van der Waals surface area contributed by atoms with Crippen LogP contribution in [0, 0.1) is 0 Å². The minimum Gasteiger partial charge on any atom is -0.776 e. The molecule has 2 atom stereocenters. The summed E-state index contributed by atoms with van der Waals surface area (Å²) in [5.41, 5.74) is 0. The van der Waals surface area contributed by atoms with Gasteiger partial charge in [0, 0.05) is 14.2 Å². The van der Waals surface area contributed by atoms with Crippen LogP contribution in [0.1, 0.15) is 45.4 Å². The van der Waals surface area contributed by atoms with Gasteiger partial charge in [-0.05, 0) is 12.8 Å². The van der Waals surface area contributed by atoms with Crippen molar-refractivity contribution in [3.05, 3.63) is 0 Å². The predicted molar refractivity (Wildman–Crippen MR) is 67.6 cm³/mol. The van der Waals surface area contributed by atoms with Gasteiger partial charge < -0.3 is 33.1 Å². The first-order valence-electron chi connectivity index (χ1n) is 6.14. The first-order chi connectivity index (χ1) is 8.68. The number of unbranched alkanes of at least 4 members (excludes halogenated alkanes) is 4. The number of hydrogen-bond acceptors (Lipinski definition) is 7. The highest BCUT2D eigenvalue weighted by molar-refractivity contribution is 7.71. The van der Waals surface area contributed by atoms with Crippen LogP contribution in [0.5, 0.6) is 0 Å². The Morgan fingerprint density at radius 1 is 1.00 bits per heavy atom. The molecule has 0 aromatic heterocycles. The van der Waals surface area contributed by atoms with Crippen molar-refractivity contribution in [2.45, 2.75) is 50.5 Å². The third-order valence-corrected chi connectivity index (χ3v) is 7.61. The lowest BCUT2D eigenvalue weighted by molar-refractivity contribution is -0.230. The summed E-state index contributed by atoms with van der Waals surface area (Å²) in [6, 6.07) is 0. The van der Waals surface area contributed by atoms with Crippen LogP contribution >= 0.6 is 15.2 Å². The fraction of sp³-hybridized carbons (Fsp3) is 1.00. The zero-order valence-corrected chi connectivity index (χ0v) is 13.3. The Bertz CT molecular complexity index is 334. The minimum atomic E-state index is -4.98. The average Bonchev–Trinajstić information content (AvgIpc) is 2.37. The van der Waals surface area contributed by atoms with Crippen molar-refractivity contribution in [1.29, 1.82) is 0 Å².